The van der Waals surface area contributed by atoms with Crippen LogP contribution in [0.25, 0.3) is 0 Å². The highest BCUT2D eigenvalue weighted by atomic mass is 32.2. The van der Waals surface area contributed by atoms with Gasteiger partial charge in [-0.3, -0.25) is 4.79 Å². The Balaban J connectivity index is 1.44. The molecular formula is C22H24N4O3S2. The van der Waals surface area contributed by atoms with E-state index in [0.29, 0.717) is 18.1 Å². The number of hydrogen-bond acceptors (Lipinski definition) is 6. The minimum atomic E-state index is -3.42. The Hall–Kier alpha value is -2.62. The van der Waals surface area contributed by atoms with Gasteiger partial charge in [-0.15, -0.1) is 10.2 Å². The first-order valence-corrected chi connectivity index (χ1v) is 12.6. The molecule has 0 bridgehead atoms. The molecule has 9 heteroatoms. The van der Waals surface area contributed by atoms with Crippen LogP contribution >= 0.6 is 11.3 Å². The minimum absolute atomic E-state index is 0.0131. The molecule has 1 aliphatic rings. The first kappa shape index (κ1) is 21.6. The number of hydrogen-bond donors (Lipinski definition) is 1. The van der Waals surface area contributed by atoms with Crippen LogP contribution in [0.5, 0.6) is 0 Å². The zero-order chi connectivity index (χ0) is 21.8. The van der Waals surface area contributed by atoms with Crippen LogP contribution in [0.1, 0.15) is 44.7 Å². The summed E-state index contributed by atoms with van der Waals surface area (Å²) in [6.45, 7) is 2.79. The van der Waals surface area contributed by atoms with E-state index in [0.717, 1.165) is 29.7 Å². The molecule has 1 aromatic heterocycles. The lowest BCUT2D eigenvalue weighted by Crippen LogP contribution is -2.39. The Morgan fingerprint density at radius 1 is 1.13 bits per heavy atom. The molecule has 1 saturated heterocycles. The summed E-state index contributed by atoms with van der Waals surface area (Å²) in [4.78, 5) is 12.6. The highest BCUT2D eigenvalue weighted by Gasteiger charge is 2.32. The average molecular weight is 457 g/mol. The number of rotatable bonds is 6. The maximum Gasteiger partial charge on any atom is 0.286 e. The number of nitrogens with zero attached hydrogens (tertiary/aromatic N) is 3. The van der Waals surface area contributed by atoms with Gasteiger partial charge in [0.05, 0.1) is 5.75 Å². The Labute approximate surface area is 186 Å². The average Bonchev–Trinajstić information content (AvgIpc) is 3.26. The van der Waals surface area contributed by atoms with Gasteiger partial charge in [0.2, 0.25) is 15.0 Å². The van der Waals surface area contributed by atoms with Crippen LogP contribution in [0.15, 0.2) is 54.6 Å². The fourth-order valence-electron chi connectivity index (χ4n) is 3.65. The molecule has 0 spiro atoms. The Kier molecular flexibility index (Phi) is 6.45. The summed E-state index contributed by atoms with van der Waals surface area (Å²) < 4.78 is 27.4. The van der Waals surface area contributed by atoms with Gasteiger partial charge in [0.25, 0.3) is 5.91 Å². The fraction of sp³-hybridized carbons (Fsp3) is 0.318. The van der Waals surface area contributed by atoms with Crippen molar-refractivity contribution in [3.63, 3.8) is 0 Å². The number of para-hydroxylation sites is 1. The number of sulfonamides is 1. The maximum atomic E-state index is 12.9. The molecule has 162 valence electrons. The quantitative estimate of drug-likeness (QED) is 0.609. The van der Waals surface area contributed by atoms with Crippen molar-refractivity contribution in [2.75, 3.05) is 18.4 Å². The molecule has 31 heavy (non-hydrogen) atoms. The van der Waals surface area contributed by atoms with Crippen LogP contribution in [0.3, 0.4) is 0 Å². The molecule has 0 saturated carbocycles. The Morgan fingerprint density at radius 3 is 2.65 bits per heavy atom. The SMILES string of the molecule is Cc1ccccc1NC(=O)c1nnc([C@@H]2CCCN(S(=O)(=O)Cc3ccccc3)C2)s1. The summed E-state index contributed by atoms with van der Waals surface area (Å²) in [6, 6.07) is 16.7. The van der Waals surface area contributed by atoms with Crippen LogP contribution in [0.2, 0.25) is 0 Å². The van der Waals surface area contributed by atoms with Crippen molar-refractivity contribution in [1.82, 2.24) is 14.5 Å². The van der Waals surface area contributed by atoms with E-state index in [2.05, 4.69) is 15.5 Å². The number of piperidine rings is 1. The molecule has 1 fully saturated rings. The molecule has 1 amide bonds. The highest BCUT2D eigenvalue weighted by Crippen LogP contribution is 2.31. The van der Waals surface area contributed by atoms with Gasteiger partial charge in [-0.2, -0.15) is 0 Å². The number of aryl methyl sites for hydroxylation is 1. The number of benzene rings is 2. The van der Waals surface area contributed by atoms with Crippen LogP contribution in [-0.2, 0) is 15.8 Å². The van der Waals surface area contributed by atoms with Crippen molar-refractivity contribution >= 4 is 33.0 Å². The third-order valence-electron chi connectivity index (χ3n) is 5.35. The smallest absolute Gasteiger partial charge is 0.286 e. The standard InChI is InChI=1S/C22H24N4O3S2/c1-16-8-5-6-12-19(16)23-20(27)22-25-24-21(30-22)18-11-7-13-26(14-18)31(28,29)15-17-9-3-2-4-10-17/h2-6,8-10,12,18H,7,11,13-15H2,1H3,(H,23,27)/t18-/m1/s1. The van der Waals surface area contributed by atoms with Gasteiger partial charge in [0.15, 0.2) is 0 Å². The van der Waals surface area contributed by atoms with Gasteiger partial charge in [-0.25, -0.2) is 12.7 Å². The number of amides is 1. The summed E-state index contributed by atoms with van der Waals surface area (Å²) >= 11 is 1.23. The molecule has 0 unspecified atom stereocenters. The molecule has 0 radical (unpaired) electrons. The van der Waals surface area contributed by atoms with E-state index in [1.54, 1.807) is 4.31 Å². The zero-order valence-electron chi connectivity index (χ0n) is 17.2. The van der Waals surface area contributed by atoms with Crippen LogP contribution in [0, 0.1) is 6.92 Å². The van der Waals surface area contributed by atoms with E-state index in [-0.39, 0.29) is 22.6 Å². The van der Waals surface area contributed by atoms with Crippen LogP contribution in [-0.4, -0.2) is 41.9 Å². The maximum absolute atomic E-state index is 12.9. The van der Waals surface area contributed by atoms with E-state index >= 15 is 0 Å². The minimum Gasteiger partial charge on any atom is -0.320 e. The summed E-state index contributed by atoms with van der Waals surface area (Å²) in [5.41, 5.74) is 2.47. The van der Waals surface area contributed by atoms with Gasteiger partial charge in [-0.1, -0.05) is 59.9 Å². The number of aromatic nitrogens is 2. The monoisotopic (exact) mass is 456 g/mol. The topological polar surface area (TPSA) is 92.3 Å². The lowest BCUT2D eigenvalue weighted by Gasteiger charge is -2.30. The van der Waals surface area contributed by atoms with E-state index in [1.807, 2.05) is 61.5 Å². The number of nitrogens with one attached hydrogen (secondary N) is 1. The van der Waals surface area contributed by atoms with Crippen molar-refractivity contribution in [1.29, 1.82) is 0 Å². The lowest BCUT2D eigenvalue weighted by atomic mass is 10.0. The van der Waals surface area contributed by atoms with Crippen molar-refractivity contribution in [3.05, 3.63) is 75.7 Å². The second-order valence-corrected chi connectivity index (χ2v) is 10.6. The fourth-order valence-corrected chi connectivity index (χ4v) is 6.13. The van der Waals surface area contributed by atoms with Gasteiger partial charge < -0.3 is 5.32 Å². The predicted molar refractivity (Wildman–Crippen MR) is 122 cm³/mol. The zero-order valence-corrected chi connectivity index (χ0v) is 18.8. The second kappa shape index (κ2) is 9.25. The molecule has 0 aliphatic carbocycles. The second-order valence-electron chi connectivity index (χ2n) is 7.65. The van der Waals surface area contributed by atoms with Gasteiger partial charge >= 0.3 is 0 Å². The molecule has 7 nitrogen and oxygen atoms in total. The van der Waals surface area contributed by atoms with Gasteiger partial charge in [0.1, 0.15) is 5.01 Å². The van der Waals surface area contributed by atoms with Crippen LogP contribution < -0.4 is 5.32 Å². The lowest BCUT2D eigenvalue weighted by molar-refractivity contribution is 0.102. The van der Waals surface area contributed by atoms with Crippen molar-refractivity contribution in [2.45, 2.75) is 31.4 Å². The normalized spacial score (nSPS) is 17.4. The molecule has 1 aliphatic heterocycles. The molecule has 3 aromatic rings. The van der Waals surface area contributed by atoms with Crippen molar-refractivity contribution < 1.29 is 13.2 Å². The summed E-state index contributed by atoms with van der Waals surface area (Å²) in [7, 11) is -3.42. The summed E-state index contributed by atoms with van der Waals surface area (Å²) in [5.74, 6) is -0.375. The largest absolute Gasteiger partial charge is 0.320 e. The first-order valence-electron chi connectivity index (χ1n) is 10.1. The third kappa shape index (κ3) is 5.17. The van der Waals surface area contributed by atoms with Crippen molar-refractivity contribution in [3.8, 4) is 0 Å². The summed E-state index contributed by atoms with van der Waals surface area (Å²) in [6.07, 6.45) is 1.58. The van der Waals surface area contributed by atoms with Crippen molar-refractivity contribution in [2.24, 2.45) is 0 Å². The molecule has 2 aromatic carbocycles. The third-order valence-corrected chi connectivity index (χ3v) is 8.25. The molecule has 1 atom stereocenters. The van der Waals surface area contributed by atoms with E-state index < -0.39 is 10.0 Å². The molecule has 1 N–H and O–H groups in total. The number of carbonyl (C=O) groups is 1. The van der Waals surface area contributed by atoms with Gasteiger partial charge in [-0.05, 0) is 37.0 Å². The number of anilines is 1. The van der Waals surface area contributed by atoms with E-state index in [4.69, 9.17) is 0 Å². The number of carbonyl (C=O) groups excluding carboxylic acids is 1. The molecule has 2 heterocycles. The van der Waals surface area contributed by atoms with E-state index in [1.165, 1.54) is 11.3 Å². The highest BCUT2D eigenvalue weighted by molar-refractivity contribution is 7.88. The first-order chi connectivity index (χ1) is 14.9. The van der Waals surface area contributed by atoms with E-state index in [9.17, 15) is 13.2 Å². The van der Waals surface area contributed by atoms with Gasteiger partial charge in [0, 0.05) is 24.7 Å². The van der Waals surface area contributed by atoms with Crippen LogP contribution in [0.4, 0.5) is 5.69 Å². The Bertz CT molecular complexity index is 1160. The Morgan fingerprint density at radius 2 is 1.87 bits per heavy atom. The molecular weight excluding hydrogens is 432 g/mol. The molecule has 4 rings (SSSR count). The summed E-state index contributed by atoms with van der Waals surface area (Å²) in [5, 5.41) is 12.1. The predicted octanol–water partition coefficient (Wildman–Crippen LogP) is 3.81.